The number of alkyl halides is 1. The van der Waals surface area contributed by atoms with Crippen LogP contribution in [-0.4, -0.2) is 97.7 Å². The number of piperazine rings is 1. The number of nitrogens with two attached hydrogens (primary N) is 2. The van der Waals surface area contributed by atoms with E-state index >= 15 is 0 Å². The summed E-state index contributed by atoms with van der Waals surface area (Å²) in [4.78, 5) is 24.1. The number of hydrogen-bond acceptors (Lipinski definition) is 7. The second-order valence-electron chi connectivity index (χ2n) is 13.3. The van der Waals surface area contributed by atoms with Crippen molar-refractivity contribution in [3.63, 3.8) is 0 Å². The fourth-order valence-corrected chi connectivity index (χ4v) is 8.50. The maximum absolute atomic E-state index is 14.9. The molecule has 0 aromatic heterocycles. The number of hydrogen-bond donors (Lipinski definition) is 4. The minimum Gasteiger partial charge on any atom is -0.350 e. The molecule has 222 valence electrons. The fourth-order valence-electron chi connectivity index (χ4n) is 8.50. The molecule has 6 N–H and O–H groups in total. The number of rotatable bonds is 9. The second-order valence-corrected chi connectivity index (χ2v) is 13.3. The van der Waals surface area contributed by atoms with Crippen LogP contribution in [0.15, 0.2) is 4.99 Å². The maximum Gasteiger partial charge on any atom is 0.228 e. The van der Waals surface area contributed by atoms with Gasteiger partial charge in [-0.1, -0.05) is 26.7 Å². The van der Waals surface area contributed by atoms with Crippen LogP contribution < -0.4 is 22.1 Å². The van der Waals surface area contributed by atoms with Gasteiger partial charge >= 0.3 is 0 Å². The van der Waals surface area contributed by atoms with Crippen molar-refractivity contribution in [2.45, 2.75) is 115 Å². The number of carbonyl (C=O) groups is 1. The van der Waals surface area contributed by atoms with E-state index in [1.165, 1.54) is 38.3 Å². The lowest BCUT2D eigenvalue weighted by molar-refractivity contribution is -0.129. The summed E-state index contributed by atoms with van der Waals surface area (Å²) in [5, 5.41) is 6.88. The number of nitrogens with one attached hydrogen (secondary N) is 2. The molecule has 3 aliphatic heterocycles. The normalized spacial score (nSPS) is 39.0. The van der Waals surface area contributed by atoms with Crippen LogP contribution in [0.25, 0.3) is 0 Å². The molecule has 7 atom stereocenters. The SMILES string of the molecule is CCCC1(C2CCC2)CCC(F)/C=N\C(C(C(=O)NC2CNCCC2N2CCN(C3CC3)CC2)C(N)N)C1C. The molecular weight excluding hydrogens is 493 g/mol. The van der Waals surface area contributed by atoms with Gasteiger partial charge in [0.2, 0.25) is 5.91 Å². The van der Waals surface area contributed by atoms with E-state index in [2.05, 4.69) is 34.3 Å². The van der Waals surface area contributed by atoms with Crippen LogP contribution in [0, 0.1) is 23.2 Å². The van der Waals surface area contributed by atoms with Gasteiger partial charge < -0.3 is 22.1 Å². The largest absolute Gasteiger partial charge is 0.350 e. The molecule has 5 aliphatic rings. The number of aliphatic imine (C=N–C) groups is 1. The fraction of sp³-hybridized carbons (Fsp3) is 0.933. The molecule has 0 radical (unpaired) electrons. The van der Waals surface area contributed by atoms with E-state index in [-0.39, 0.29) is 23.3 Å². The Morgan fingerprint density at radius 3 is 2.46 bits per heavy atom. The molecule has 1 amide bonds. The van der Waals surface area contributed by atoms with Gasteiger partial charge in [0.1, 0.15) is 6.17 Å². The molecule has 0 aromatic carbocycles. The van der Waals surface area contributed by atoms with Crippen molar-refractivity contribution in [3.8, 4) is 0 Å². The number of carbonyl (C=O) groups excluding carboxylic acids is 1. The number of piperidine rings is 1. The zero-order valence-corrected chi connectivity index (χ0v) is 24.4. The monoisotopic (exact) mass is 547 g/mol. The molecule has 2 aliphatic carbocycles. The van der Waals surface area contributed by atoms with Gasteiger partial charge in [-0.15, -0.1) is 0 Å². The third-order valence-electron chi connectivity index (χ3n) is 11.1. The van der Waals surface area contributed by atoms with Crippen molar-refractivity contribution in [1.82, 2.24) is 20.4 Å². The Morgan fingerprint density at radius 2 is 1.85 bits per heavy atom. The van der Waals surface area contributed by atoms with E-state index in [0.717, 1.165) is 71.0 Å². The van der Waals surface area contributed by atoms with Crippen molar-refractivity contribution >= 4 is 12.1 Å². The molecule has 7 unspecified atom stereocenters. The minimum atomic E-state index is -1.09. The lowest BCUT2D eigenvalue weighted by Gasteiger charge is -2.53. The molecule has 2 saturated carbocycles. The highest BCUT2D eigenvalue weighted by Crippen LogP contribution is 2.55. The molecular formula is C30H54FN7O. The quantitative estimate of drug-likeness (QED) is 0.330. The summed E-state index contributed by atoms with van der Waals surface area (Å²) in [6.07, 6.45) is 10.2. The Labute approximate surface area is 235 Å². The lowest BCUT2D eigenvalue weighted by atomic mass is 9.53. The van der Waals surface area contributed by atoms with Crippen LogP contribution in [0.4, 0.5) is 4.39 Å². The Bertz CT molecular complexity index is 841. The highest BCUT2D eigenvalue weighted by Gasteiger charge is 2.51. The second kappa shape index (κ2) is 12.8. The van der Waals surface area contributed by atoms with Crippen LogP contribution in [0.3, 0.4) is 0 Å². The van der Waals surface area contributed by atoms with Gasteiger partial charge in [-0.2, -0.15) is 0 Å². The summed E-state index contributed by atoms with van der Waals surface area (Å²) in [6, 6.07) is 0.674. The standard InChI is InChI=1S/C30H54FN7O/c1-3-11-30(21-5-4-6-21)12-9-22(31)18-35-27(20(30)2)26(28(32)33)29(39)36-24-19-34-13-10-25(24)38-16-14-37(15-17-38)23-7-8-23/h18,20-28,34H,3-17,19,32-33H2,1-2H3,(H,36,39)/b35-18-. The van der Waals surface area contributed by atoms with Gasteiger partial charge in [0, 0.05) is 51.0 Å². The summed E-state index contributed by atoms with van der Waals surface area (Å²) < 4.78 is 14.9. The topological polar surface area (TPSA) is 112 Å². The summed E-state index contributed by atoms with van der Waals surface area (Å²) in [6.45, 7) is 10.5. The van der Waals surface area contributed by atoms with E-state index in [1.807, 2.05) is 0 Å². The van der Waals surface area contributed by atoms with E-state index < -0.39 is 24.3 Å². The number of nitrogens with zero attached hydrogens (tertiary/aromatic N) is 3. The van der Waals surface area contributed by atoms with Crippen LogP contribution >= 0.6 is 0 Å². The van der Waals surface area contributed by atoms with Crippen LogP contribution in [0.5, 0.6) is 0 Å². The molecule has 9 heteroatoms. The smallest absolute Gasteiger partial charge is 0.228 e. The average Bonchev–Trinajstić information content (AvgIpc) is 3.73. The third-order valence-corrected chi connectivity index (χ3v) is 11.1. The molecule has 0 aromatic rings. The Hall–Kier alpha value is -1.13. The molecule has 4 fully saturated rings. The first kappa shape index (κ1) is 29.4. The molecule has 0 bridgehead atoms. The highest BCUT2D eigenvalue weighted by molar-refractivity contribution is 5.81. The maximum atomic E-state index is 14.9. The van der Waals surface area contributed by atoms with Crippen molar-refractivity contribution in [3.05, 3.63) is 0 Å². The summed E-state index contributed by atoms with van der Waals surface area (Å²) in [5.41, 5.74) is 12.8. The minimum absolute atomic E-state index is 0.00577. The first-order valence-electron chi connectivity index (χ1n) is 16.0. The van der Waals surface area contributed by atoms with Crippen molar-refractivity contribution in [2.24, 2.45) is 39.6 Å². The van der Waals surface area contributed by atoms with Crippen molar-refractivity contribution < 1.29 is 9.18 Å². The molecule has 8 nitrogen and oxygen atoms in total. The average molecular weight is 548 g/mol. The van der Waals surface area contributed by atoms with E-state index in [4.69, 9.17) is 16.5 Å². The molecule has 0 spiro atoms. The van der Waals surface area contributed by atoms with Gasteiger partial charge in [-0.25, -0.2) is 4.39 Å². The Balaban J connectivity index is 1.33. The van der Waals surface area contributed by atoms with Gasteiger partial charge in [0.15, 0.2) is 0 Å². The predicted octanol–water partition coefficient (Wildman–Crippen LogP) is 2.27. The zero-order chi connectivity index (χ0) is 27.6. The molecule has 2 saturated heterocycles. The lowest BCUT2D eigenvalue weighted by Crippen LogP contribution is -2.65. The predicted molar refractivity (Wildman–Crippen MR) is 155 cm³/mol. The molecule has 3 heterocycles. The van der Waals surface area contributed by atoms with Crippen molar-refractivity contribution in [1.29, 1.82) is 0 Å². The Morgan fingerprint density at radius 1 is 1.13 bits per heavy atom. The summed E-state index contributed by atoms with van der Waals surface area (Å²) in [7, 11) is 0. The van der Waals surface area contributed by atoms with Gasteiger partial charge in [-0.05, 0) is 75.2 Å². The Kier molecular flexibility index (Phi) is 9.64. The van der Waals surface area contributed by atoms with Crippen LogP contribution in [0.1, 0.15) is 78.1 Å². The highest BCUT2D eigenvalue weighted by atomic mass is 19.1. The van der Waals surface area contributed by atoms with Gasteiger partial charge in [0.05, 0.1) is 24.2 Å². The van der Waals surface area contributed by atoms with Gasteiger partial charge in [0.25, 0.3) is 0 Å². The summed E-state index contributed by atoms with van der Waals surface area (Å²) >= 11 is 0. The van der Waals surface area contributed by atoms with Crippen LogP contribution in [0.2, 0.25) is 0 Å². The van der Waals surface area contributed by atoms with Crippen LogP contribution in [-0.2, 0) is 4.79 Å². The first-order valence-corrected chi connectivity index (χ1v) is 16.0. The van der Waals surface area contributed by atoms with Gasteiger partial charge in [-0.3, -0.25) is 19.6 Å². The summed E-state index contributed by atoms with van der Waals surface area (Å²) in [5.74, 6) is -0.140. The molecule has 5 rings (SSSR count). The number of halogens is 1. The molecule has 39 heavy (non-hydrogen) atoms. The first-order chi connectivity index (χ1) is 18.8. The van der Waals surface area contributed by atoms with E-state index in [0.29, 0.717) is 18.4 Å². The van der Waals surface area contributed by atoms with E-state index in [9.17, 15) is 9.18 Å². The zero-order valence-electron chi connectivity index (χ0n) is 24.4. The third kappa shape index (κ3) is 6.37. The van der Waals surface area contributed by atoms with Crippen molar-refractivity contribution in [2.75, 3.05) is 39.3 Å². The number of amides is 1. The van der Waals surface area contributed by atoms with E-state index in [1.54, 1.807) is 0 Å².